The second kappa shape index (κ2) is 33.8. The van der Waals surface area contributed by atoms with Gasteiger partial charge in [0, 0.05) is 89.8 Å². The zero-order valence-corrected chi connectivity index (χ0v) is 41.4. The van der Waals surface area contributed by atoms with Crippen molar-refractivity contribution in [2.75, 3.05) is 104 Å². The van der Waals surface area contributed by atoms with Crippen molar-refractivity contribution in [1.82, 2.24) is 46.2 Å². The Morgan fingerprint density at radius 3 is 1.57 bits per heavy atom. The first-order valence-corrected chi connectivity index (χ1v) is 24.9. The summed E-state index contributed by atoms with van der Waals surface area (Å²) in [5, 5.41) is 51.2. The lowest BCUT2D eigenvalue weighted by atomic mass is 10.0. The third-order valence-electron chi connectivity index (χ3n) is 11.3. The predicted octanol–water partition coefficient (Wildman–Crippen LogP) is -0.613. The van der Waals surface area contributed by atoms with E-state index in [0.29, 0.717) is 50.0 Å². The van der Waals surface area contributed by atoms with Crippen molar-refractivity contribution in [2.45, 2.75) is 83.8 Å². The molecule has 70 heavy (non-hydrogen) atoms. The number of nitrogens with zero attached hydrogens (tertiary/aromatic N) is 4. The number of amides is 5. The Balaban J connectivity index is 1.90. The van der Waals surface area contributed by atoms with Gasteiger partial charge in [-0.1, -0.05) is 26.0 Å². The summed E-state index contributed by atoms with van der Waals surface area (Å²) in [4.78, 5) is 129. The summed E-state index contributed by atoms with van der Waals surface area (Å²) in [5.74, 6) is -6.27. The van der Waals surface area contributed by atoms with Crippen molar-refractivity contribution in [3.8, 4) is 0 Å². The van der Waals surface area contributed by atoms with E-state index in [1.54, 1.807) is 31.7 Å². The maximum atomic E-state index is 13.3. The van der Waals surface area contributed by atoms with Crippen molar-refractivity contribution in [2.24, 2.45) is 5.92 Å². The fraction of sp³-hybridized carbons (Fsp3) is 0.652. The van der Waals surface area contributed by atoms with Crippen LogP contribution in [0.1, 0.15) is 81.1 Å². The van der Waals surface area contributed by atoms with Gasteiger partial charge in [-0.15, -0.1) is 0 Å². The number of rotatable bonds is 31. The van der Waals surface area contributed by atoms with Crippen LogP contribution in [-0.4, -0.2) is 215 Å². The van der Waals surface area contributed by atoms with Crippen LogP contribution in [0.25, 0.3) is 0 Å². The molecular formula is C46H73N9O14S. The van der Waals surface area contributed by atoms with E-state index in [0.717, 1.165) is 0 Å². The number of aliphatic carboxylic acids is 4. The lowest BCUT2D eigenvalue weighted by Crippen LogP contribution is -2.51. The second-order valence-electron chi connectivity index (χ2n) is 17.4. The summed E-state index contributed by atoms with van der Waals surface area (Å²) < 4.78 is 0. The Morgan fingerprint density at radius 2 is 1.09 bits per heavy atom. The molecule has 2 rings (SSSR count). The molecule has 23 nitrogen and oxygen atoms in total. The Bertz CT molecular complexity index is 1860. The molecule has 392 valence electrons. The molecule has 5 amide bonds. The quantitative estimate of drug-likeness (QED) is 0.0419. The lowest BCUT2D eigenvalue weighted by Gasteiger charge is -2.32. The van der Waals surface area contributed by atoms with Gasteiger partial charge in [-0.25, -0.2) is 4.79 Å². The van der Waals surface area contributed by atoms with Crippen LogP contribution in [-0.2, 0) is 49.7 Å². The number of benzene rings is 1. The molecule has 0 aliphatic carbocycles. The number of hydrogen-bond donors (Lipinski definition) is 9. The van der Waals surface area contributed by atoms with Gasteiger partial charge in [-0.3, -0.25) is 62.8 Å². The molecule has 9 N–H and O–H groups in total. The molecule has 1 aliphatic rings. The molecule has 0 spiro atoms. The maximum Gasteiger partial charge on any atom is 0.326 e. The van der Waals surface area contributed by atoms with Crippen molar-refractivity contribution in [1.29, 1.82) is 0 Å². The van der Waals surface area contributed by atoms with Crippen LogP contribution < -0.4 is 26.6 Å². The number of unbranched alkanes of at least 4 members (excludes halogenated alkanes) is 2. The minimum atomic E-state index is -1.26. The highest BCUT2D eigenvalue weighted by molar-refractivity contribution is 7.98. The number of carbonyl (C=O) groups excluding carboxylic acids is 6. The molecule has 1 fully saturated rings. The van der Waals surface area contributed by atoms with E-state index in [-0.39, 0.29) is 133 Å². The number of carboxylic acids is 4. The summed E-state index contributed by atoms with van der Waals surface area (Å²) in [6.45, 7) is 4.64. The van der Waals surface area contributed by atoms with Gasteiger partial charge in [0.05, 0.1) is 32.7 Å². The number of nitrogens with one attached hydrogen (secondary N) is 5. The lowest BCUT2D eigenvalue weighted by molar-refractivity contribution is -0.142. The molecule has 0 saturated carbocycles. The Morgan fingerprint density at radius 1 is 0.571 bits per heavy atom. The molecule has 2 unspecified atom stereocenters. The third-order valence-corrected chi connectivity index (χ3v) is 12.0. The van der Waals surface area contributed by atoms with E-state index in [9.17, 15) is 68.4 Å². The first kappa shape index (κ1) is 60.4. The number of hydrogen-bond acceptors (Lipinski definition) is 15. The maximum absolute atomic E-state index is 13.3. The number of thioether (sulfide) groups is 1. The van der Waals surface area contributed by atoms with Gasteiger partial charge in [0.1, 0.15) is 17.9 Å². The highest BCUT2D eigenvalue weighted by atomic mass is 32.2. The first-order chi connectivity index (χ1) is 33.3. The molecule has 0 aromatic heterocycles. The summed E-state index contributed by atoms with van der Waals surface area (Å²) in [7, 11) is 0. The van der Waals surface area contributed by atoms with E-state index in [1.165, 1.54) is 23.9 Å². The van der Waals surface area contributed by atoms with Gasteiger partial charge < -0.3 is 47.0 Å². The molecular weight excluding hydrogens is 935 g/mol. The summed E-state index contributed by atoms with van der Waals surface area (Å²) in [6, 6.07) is 4.05. The van der Waals surface area contributed by atoms with Gasteiger partial charge in [-0.2, -0.15) is 11.8 Å². The van der Waals surface area contributed by atoms with E-state index in [2.05, 4.69) is 26.6 Å². The van der Waals surface area contributed by atoms with Gasteiger partial charge >= 0.3 is 23.9 Å². The van der Waals surface area contributed by atoms with E-state index in [4.69, 9.17) is 0 Å². The third kappa shape index (κ3) is 26.9. The Labute approximate surface area is 413 Å². The molecule has 2 atom stereocenters. The zero-order chi connectivity index (χ0) is 52.0. The topological polar surface area (TPSA) is 325 Å². The number of ketones is 1. The SMILES string of the molecule is CSCCC(NC(=O)c1ccc(CNC(=O)CN2CCN(CC(=O)O)CCN(CC(=O)O)CCN(CC(=O)O)CC2)cc1)C(=O)NCC(=O)NC(CCCCNC(=O)CCCCC(=O)C(C)C)C(=O)O. The summed E-state index contributed by atoms with van der Waals surface area (Å²) >= 11 is 1.44. The van der Waals surface area contributed by atoms with Crippen LogP contribution in [0.3, 0.4) is 0 Å². The molecule has 1 aromatic carbocycles. The average Bonchev–Trinajstić information content (AvgIpc) is 3.29. The number of carboxylic acid groups (broad SMARTS) is 4. The van der Waals surface area contributed by atoms with E-state index in [1.807, 2.05) is 20.1 Å². The largest absolute Gasteiger partial charge is 0.480 e. The van der Waals surface area contributed by atoms with Crippen LogP contribution in [0.15, 0.2) is 24.3 Å². The van der Waals surface area contributed by atoms with Crippen molar-refractivity contribution in [3.63, 3.8) is 0 Å². The van der Waals surface area contributed by atoms with Crippen LogP contribution in [0.2, 0.25) is 0 Å². The molecule has 0 radical (unpaired) electrons. The Kier molecular flexibility index (Phi) is 29.2. The fourth-order valence-corrected chi connectivity index (χ4v) is 7.69. The van der Waals surface area contributed by atoms with Gasteiger partial charge in [0.15, 0.2) is 0 Å². The van der Waals surface area contributed by atoms with Crippen LogP contribution in [0, 0.1) is 5.92 Å². The highest BCUT2D eigenvalue weighted by Crippen LogP contribution is 2.10. The molecule has 1 aromatic rings. The molecule has 1 saturated heterocycles. The van der Waals surface area contributed by atoms with Gasteiger partial charge in [0.2, 0.25) is 23.6 Å². The average molecular weight is 1010 g/mol. The molecule has 24 heteroatoms. The smallest absolute Gasteiger partial charge is 0.326 e. The minimum Gasteiger partial charge on any atom is -0.480 e. The molecule has 0 bridgehead atoms. The summed E-state index contributed by atoms with van der Waals surface area (Å²) in [5.41, 5.74) is 0.869. The van der Waals surface area contributed by atoms with Crippen molar-refractivity contribution >= 4 is 71.0 Å². The summed E-state index contributed by atoms with van der Waals surface area (Å²) in [6.07, 6.45) is 4.96. The molecule has 1 heterocycles. The minimum absolute atomic E-state index is 0.0330. The van der Waals surface area contributed by atoms with Crippen LogP contribution in [0.4, 0.5) is 0 Å². The number of Topliss-reactive ketones (excluding diaryl/α,β-unsaturated/α-hetero) is 1. The van der Waals surface area contributed by atoms with Crippen LogP contribution in [0.5, 0.6) is 0 Å². The van der Waals surface area contributed by atoms with E-state index >= 15 is 0 Å². The standard InChI is InChI=1S/C46H73N9O14S/c1-32(2)37(56)9-4-5-10-38(57)47-16-7-6-8-36(46(68)69)50-39(58)27-49-45(67)35(15-25-70-3)51-44(66)34-13-11-33(12-14-34)26-48-40(59)28-52-17-19-53(29-41(60)61)21-23-55(31-43(64)65)24-22-54(20-18-52)30-42(62)63/h11-14,32,35-36H,4-10,15-31H2,1-3H3,(H,47,57)(H,48,59)(H,49,67)(H,50,58)(H,51,66)(H,60,61)(H,62,63)(H,64,65)(H,68,69). The highest BCUT2D eigenvalue weighted by Gasteiger charge is 2.25. The van der Waals surface area contributed by atoms with Crippen molar-refractivity contribution < 1.29 is 68.4 Å². The van der Waals surface area contributed by atoms with Gasteiger partial charge in [0.25, 0.3) is 5.91 Å². The second-order valence-corrected chi connectivity index (χ2v) is 18.4. The van der Waals surface area contributed by atoms with Crippen molar-refractivity contribution in [3.05, 3.63) is 35.4 Å². The van der Waals surface area contributed by atoms with Crippen LogP contribution >= 0.6 is 11.8 Å². The van der Waals surface area contributed by atoms with Gasteiger partial charge in [-0.05, 0) is 68.2 Å². The zero-order valence-electron chi connectivity index (χ0n) is 40.6. The predicted molar refractivity (Wildman–Crippen MR) is 259 cm³/mol. The fourth-order valence-electron chi connectivity index (χ4n) is 7.22. The normalized spacial score (nSPS) is 15.3. The monoisotopic (exact) mass is 1010 g/mol. The molecule has 1 aliphatic heterocycles. The number of carbonyl (C=O) groups is 10. The Hall–Kier alpha value is -5.69. The first-order valence-electron chi connectivity index (χ1n) is 23.6. The van der Waals surface area contributed by atoms with E-state index < -0.39 is 60.2 Å².